The number of anilines is 1. The third kappa shape index (κ3) is 3.11. The number of nitrogens with two attached hydrogens (primary N) is 1. The van der Waals surface area contributed by atoms with Gasteiger partial charge in [0.25, 0.3) is 0 Å². The molecule has 2 aromatic carbocycles. The van der Waals surface area contributed by atoms with Crippen LogP contribution in [0.25, 0.3) is 0 Å². The molecule has 0 fully saturated rings. The summed E-state index contributed by atoms with van der Waals surface area (Å²) in [4.78, 5) is 0.0541. The minimum atomic E-state index is -3.63. The van der Waals surface area contributed by atoms with Gasteiger partial charge in [0, 0.05) is 0 Å². The minimum Gasteiger partial charge on any atom is -0.398 e. The van der Waals surface area contributed by atoms with Gasteiger partial charge in [-0.1, -0.05) is 23.7 Å². The standard InChI is InChI=1S/C14H13ClFNO2S/c1-9-2-5-14(13(17)6-9)20(18,19)8-10-3-4-11(15)12(16)7-10/h2-7H,8,17H2,1H3. The summed E-state index contributed by atoms with van der Waals surface area (Å²) in [7, 11) is -3.63. The predicted molar refractivity (Wildman–Crippen MR) is 77.9 cm³/mol. The Morgan fingerprint density at radius 2 is 1.90 bits per heavy atom. The maximum absolute atomic E-state index is 13.3. The normalized spacial score (nSPS) is 11.6. The van der Waals surface area contributed by atoms with Gasteiger partial charge in [-0.3, -0.25) is 0 Å². The fourth-order valence-electron chi connectivity index (χ4n) is 1.88. The summed E-state index contributed by atoms with van der Waals surface area (Å²) in [5.41, 5.74) is 7.13. The van der Waals surface area contributed by atoms with E-state index >= 15 is 0 Å². The second kappa shape index (κ2) is 5.42. The first-order valence-electron chi connectivity index (χ1n) is 5.82. The van der Waals surface area contributed by atoms with E-state index in [0.29, 0.717) is 5.56 Å². The van der Waals surface area contributed by atoms with Crippen LogP contribution in [0.4, 0.5) is 10.1 Å². The Morgan fingerprint density at radius 3 is 2.50 bits per heavy atom. The quantitative estimate of drug-likeness (QED) is 0.884. The average molecular weight is 314 g/mol. The molecule has 2 N–H and O–H groups in total. The van der Waals surface area contributed by atoms with Gasteiger partial charge in [0.2, 0.25) is 0 Å². The highest BCUT2D eigenvalue weighted by Gasteiger charge is 2.19. The lowest BCUT2D eigenvalue weighted by Crippen LogP contribution is -2.08. The highest BCUT2D eigenvalue weighted by atomic mass is 35.5. The lowest BCUT2D eigenvalue weighted by molar-refractivity contribution is 0.595. The van der Waals surface area contributed by atoms with Crippen molar-refractivity contribution in [2.24, 2.45) is 0 Å². The molecular weight excluding hydrogens is 301 g/mol. The number of aryl methyl sites for hydroxylation is 1. The zero-order chi connectivity index (χ0) is 14.9. The number of hydrogen-bond acceptors (Lipinski definition) is 3. The summed E-state index contributed by atoms with van der Waals surface area (Å²) in [5, 5.41) is -0.0407. The third-order valence-electron chi connectivity index (χ3n) is 2.84. The highest BCUT2D eigenvalue weighted by Crippen LogP contribution is 2.25. The van der Waals surface area contributed by atoms with Gasteiger partial charge in [-0.25, -0.2) is 12.8 Å². The van der Waals surface area contributed by atoms with E-state index in [9.17, 15) is 12.8 Å². The van der Waals surface area contributed by atoms with Gasteiger partial charge in [-0.05, 0) is 42.3 Å². The van der Waals surface area contributed by atoms with E-state index in [0.717, 1.165) is 11.6 Å². The Morgan fingerprint density at radius 1 is 1.20 bits per heavy atom. The van der Waals surface area contributed by atoms with Gasteiger partial charge in [0.1, 0.15) is 5.82 Å². The molecule has 0 amide bonds. The number of hydrogen-bond donors (Lipinski definition) is 1. The van der Waals surface area contributed by atoms with Crippen molar-refractivity contribution in [2.45, 2.75) is 17.6 Å². The summed E-state index contributed by atoms with van der Waals surface area (Å²) in [5.74, 6) is -0.967. The van der Waals surface area contributed by atoms with Gasteiger partial charge in [0.15, 0.2) is 9.84 Å². The van der Waals surface area contributed by atoms with Crippen molar-refractivity contribution in [3.05, 3.63) is 58.4 Å². The summed E-state index contributed by atoms with van der Waals surface area (Å²) in [6.45, 7) is 1.82. The van der Waals surface area contributed by atoms with Gasteiger partial charge in [0.05, 0.1) is 21.4 Å². The number of benzene rings is 2. The van der Waals surface area contributed by atoms with Crippen molar-refractivity contribution in [3.63, 3.8) is 0 Å². The first kappa shape index (κ1) is 14.8. The molecule has 0 unspecified atom stereocenters. The Labute approximate surface area is 122 Å². The second-order valence-corrected chi connectivity index (χ2v) is 6.91. The fourth-order valence-corrected chi connectivity index (χ4v) is 3.46. The molecular formula is C14H13ClFNO2S. The van der Waals surface area contributed by atoms with Crippen LogP contribution in [-0.4, -0.2) is 8.42 Å². The van der Waals surface area contributed by atoms with Crippen LogP contribution in [0.1, 0.15) is 11.1 Å². The second-order valence-electron chi connectivity index (χ2n) is 4.55. The molecule has 0 aliphatic rings. The minimum absolute atomic E-state index is 0.0407. The van der Waals surface area contributed by atoms with Crippen molar-refractivity contribution >= 4 is 27.1 Å². The molecule has 0 aliphatic carbocycles. The Hall–Kier alpha value is -1.59. The van der Waals surface area contributed by atoms with Gasteiger partial charge in [-0.15, -0.1) is 0 Å². The van der Waals surface area contributed by atoms with E-state index in [1.165, 1.54) is 18.2 Å². The number of sulfone groups is 1. The maximum Gasteiger partial charge on any atom is 0.184 e. The van der Waals surface area contributed by atoms with Crippen molar-refractivity contribution < 1.29 is 12.8 Å². The molecule has 106 valence electrons. The Kier molecular flexibility index (Phi) is 4.01. The van der Waals surface area contributed by atoms with E-state index in [1.807, 2.05) is 6.92 Å². The van der Waals surface area contributed by atoms with Gasteiger partial charge >= 0.3 is 0 Å². The molecule has 2 aromatic rings. The van der Waals surface area contributed by atoms with Crippen LogP contribution in [0.5, 0.6) is 0 Å². The summed E-state index contributed by atoms with van der Waals surface area (Å²) in [6, 6.07) is 8.66. The smallest absolute Gasteiger partial charge is 0.184 e. The molecule has 0 spiro atoms. The van der Waals surface area contributed by atoms with Crippen LogP contribution in [0.3, 0.4) is 0 Å². The third-order valence-corrected chi connectivity index (χ3v) is 4.90. The molecule has 0 aromatic heterocycles. The summed E-state index contributed by atoms with van der Waals surface area (Å²) in [6.07, 6.45) is 0. The zero-order valence-corrected chi connectivity index (χ0v) is 12.3. The summed E-state index contributed by atoms with van der Waals surface area (Å²) < 4.78 is 37.9. The number of nitrogen functional groups attached to an aromatic ring is 1. The molecule has 0 heterocycles. The summed E-state index contributed by atoms with van der Waals surface area (Å²) >= 11 is 5.57. The van der Waals surface area contributed by atoms with Crippen LogP contribution in [0.2, 0.25) is 5.02 Å². The molecule has 0 radical (unpaired) electrons. The SMILES string of the molecule is Cc1ccc(S(=O)(=O)Cc2ccc(Cl)c(F)c2)c(N)c1. The van der Waals surface area contributed by atoms with Gasteiger partial charge < -0.3 is 5.73 Å². The first-order chi connectivity index (χ1) is 9.29. The maximum atomic E-state index is 13.3. The van der Waals surface area contributed by atoms with E-state index in [2.05, 4.69) is 0 Å². The van der Waals surface area contributed by atoms with Crippen molar-refractivity contribution in [3.8, 4) is 0 Å². The molecule has 2 rings (SSSR count). The molecule has 3 nitrogen and oxygen atoms in total. The van der Waals surface area contributed by atoms with E-state index in [4.69, 9.17) is 17.3 Å². The predicted octanol–water partition coefficient (Wildman–Crippen LogP) is 3.34. The van der Waals surface area contributed by atoms with E-state index in [-0.39, 0.29) is 21.4 Å². The number of rotatable bonds is 3. The molecule has 0 bridgehead atoms. The average Bonchev–Trinajstić information content (AvgIpc) is 2.33. The molecule has 0 saturated heterocycles. The van der Waals surface area contributed by atoms with Gasteiger partial charge in [-0.2, -0.15) is 0 Å². The van der Waals surface area contributed by atoms with E-state index in [1.54, 1.807) is 12.1 Å². The Balaban J connectivity index is 2.38. The zero-order valence-electron chi connectivity index (χ0n) is 10.7. The highest BCUT2D eigenvalue weighted by molar-refractivity contribution is 7.90. The molecule has 20 heavy (non-hydrogen) atoms. The van der Waals surface area contributed by atoms with Crippen molar-refractivity contribution in [2.75, 3.05) is 5.73 Å². The lowest BCUT2D eigenvalue weighted by atomic mass is 10.2. The van der Waals surface area contributed by atoms with Crippen molar-refractivity contribution in [1.29, 1.82) is 0 Å². The Bertz CT molecular complexity index is 760. The van der Waals surface area contributed by atoms with Crippen LogP contribution in [-0.2, 0) is 15.6 Å². The number of halogens is 2. The topological polar surface area (TPSA) is 60.2 Å². The van der Waals surface area contributed by atoms with Crippen LogP contribution in [0, 0.1) is 12.7 Å². The van der Waals surface area contributed by atoms with Crippen LogP contribution in [0.15, 0.2) is 41.3 Å². The van der Waals surface area contributed by atoms with E-state index < -0.39 is 15.7 Å². The van der Waals surface area contributed by atoms with Crippen molar-refractivity contribution in [1.82, 2.24) is 0 Å². The van der Waals surface area contributed by atoms with Crippen LogP contribution < -0.4 is 5.73 Å². The molecule has 6 heteroatoms. The lowest BCUT2D eigenvalue weighted by Gasteiger charge is -2.09. The fraction of sp³-hybridized carbons (Fsp3) is 0.143. The van der Waals surface area contributed by atoms with Crippen LogP contribution >= 0.6 is 11.6 Å². The monoisotopic (exact) mass is 313 g/mol. The molecule has 0 atom stereocenters. The molecule has 0 saturated carbocycles. The largest absolute Gasteiger partial charge is 0.398 e. The molecule has 0 aliphatic heterocycles. The first-order valence-corrected chi connectivity index (χ1v) is 7.85.